The Labute approximate surface area is 125 Å². The summed E-state index contributed by atoms with van der Waals surface area (Å²) >= 11 is 0. The maximum absolute atomic E-state index is 12.4. The molecule has 3 rings (SSSR count). The van der Waals surface area contributed by atoms with Gasteiger partial charge in [0.05, 0.1) is 7.11 Å². The highest BCUT2D eigenvalue weighted by Gasteiger charge is 2.13. The topological polar surface area (TPSA) is 26.3 Å². The lowest BCUT2D eigenvalue weighted by atomic mass is 9.98. The number of fused-ring (bicyclic) bond motifs is 1. The molecular weight excluding hydrogens is 260 g/mol. The number of rotatable bonds is 4. The largest absolute Gasteiger partial charge is 0.496 e. The van der Waals surface area contributed by atoms with Gasteiger partial charge in [0, 0.05) is 12.0 Å². The molecule has 108 valence electrons. The SMILES string of the molecule is COc1ccc(C(=O)Cc2ccc3c(c2)CCC3)cc1C. The van der Waals surface area contributed by atoms with Crippen molar-refractivity contribution in [1.29, 1.82) is 0 Å². The Kier molecular flexibility index (Phi) is 3.78. The number of hydrogen-bond acceptors (Lipinski definition) is 2. The maximum atomic E-state index is 12.4. The Morgan fingerprint density at radius 2 is 1.90 bits per heavy atom. The van der Waals surface area contributed by atoms with Crippen LogP contribution in [-0.2, 0) is 19.3 Å². The van der Waals surface area contributed by atoms with E-state index in [4.69, 9.17) is 4.74 Å². The van der Waals surface area contributed by atoms with E-state index in [-0.39, 0.29) is 5.78 Å². The number of benzene rings is 2. The molecule has 1 aliphatic rings. The van der Waals surface area contributed by atoms with Gasteiger partial charge in [-0.25, -0.2) is 0 Å². The third kappa shape index (κ3) is 2.85. The first-order valence-corrected chi connectivity index (χ1v) is 7.46. The van der Waals surface area contributed by atoms with Gasteiger partial charge in [-0.15, -0.1) is 0 Å². The molecule has 0 saturated heterocycles. The summed E-state index contributed by atoms with van der Waals surface area (Å²) in [6, 6.07) is 12.1. The molecule has 2 heteroatoms. The fourth-order valence-corrected chi connectivity index (χ4v) is 3.07. The second kappa shape index (κ2) is 5.72. The van der Waals surface area contributed by atoms with E-state index in [1.807, 2.05) is 25.1 Å². The summed E-state index contributed by atoms with van der Waals surface area (Å²) in [5.41, 5.74) is 5.75. The van der Waals surface area contributed by atoms with Crippen molar-refractivity contribution in [1.82, 2.24) is 0 Å². The maximum Gasteiger partial charge on any atom is 0.167 e. The summed E-state index contributed by atoms with van der Waals surface area (Å²) in [7, 11) is 1.65. The summed E-state index contributed by atoms with van der Waals surface area (Å²) < 4.78 is 5.24. The monoisotopic (exact) mass is 280 g/mol. The number of Topliss-reactive ketones (excluding diaryl/α,β-unsaturated/α-hetero) is 1. The average Bonchev–Trinajstić information content (AvgIpc) is 2.94. The fourth-order valence-electron chi connectivity index (χ4n) is 3.07. The number of hydrogen-bond donors (Lipinski definition) is 0. The minimum absolute atomic E-state index is 0.165. The molecule has 0 atom stereocenters. The van der Waals surface area contributed by atoms with E-state index in [0.29, 0.717) is 6.42 Å². The fraction of sp³-hybridized carbons (Fsp3) is 0.316. The smallest absolute Gasteiger partial charge is 0.167 e. The van der Waals surface area contributed by atoms with Gasteiger partial charge in [0.25, 0.3) is 0 Å². The van der Waals surface area contributed by atoms with Crippen molar-refractivity contribution in [3.63, 3.8) is 0 Å². The van der Waals surface area contributed by atoms with Crippen LogP contribution in [0.3, 0.4) is 0 Å². The molecule has 0 spiro atoms. The van der Waals surface area contributed by atoms with E-state index in [0.717, 1.165) is 28.9 Å². The Morgan fingerprint density at radius 3 is 2.67 bits per heavy atom. The first-order chi connectivity index (χ1) is 10.2. The van der Waals surface area contributed by atoms with Crippen molar-refractivity contribution in [2.24, 2.45) is 0 Å². The van der Waals surface area contributed by atoms with Gasteiger partial charge in [0.1, 0.15) is 5.75 Å². The van der Waals surface area contributed by atoms with E-state index in [1.54, 1.807) is 7.11 Å². The number of carbonyl (C=O) groups excluding carboxylic acids is 1. The van der Waals surface area contributed by atoms with Crippen LogP contribution in [0, 0.1) is 6.92 Å². The second-order valence-corrected chi connectivity index (χ2v) is 5.74. The quantitative estimate of drug-likeness (QED) is 0.793. The zero-order valence-corrected chi connectivity index (χ0v) is 12.6. The van der Waals surface area contributed by atoms with Crippen LogP contribution >= 0.6 is 0 Å². The molecular formula is C19H20O2. The highest BCUT2D eigenvalue weighted by molar-refractivity contribution is 5.97. The molecule has 0 aliphatic heterocycles. The number of ketones is 1. The Balaban J connectivity index is 1.78. The Hall–Kier alpha value is -2.09. The van der Waals surface area contributed by atoms with Gasteiger partial charge < -0.3 is 4.74 Å². The van der Waals surface area contributed by atoms with E-state index in [1.165, 1.54) is 24.0 Å². The molecule has 0 unspecified atom stereocenters. The number of aryl methyl sites for hydroxylation is 3. The lowest BCUT2D eigenvalue weighted by molar-refractivity contribution is 0.0993. The summed E-state index contributed by atoms with van der Waals surface area (Å²) in [6.07, 6.45) is 4.05. The van der Waals surface area contributed by atoms with Crippen LogP contribution < -0.4 is 4.74 Å². The minimum Gasteiger partial charge on any atom is -0.496 e. The molecule has 0 aromatic heterocycles. The zero-order valence-electron chi connectivity index (χ0n) is 12.6. The lowest BCUT2D eigenvalue weighted by Gasteiger charge is -2.08. The lowest BCUT2D eigenvalue weighted by Crippen LogP contribution is -2.04. The van der Waals surface area contributed by atoms with Crippen LogP contribution in [0.4, 0.5) is 0 Å². The predicted molar refractivity (Wildman–Crippen MR) is 84.2 cm³/mol. The molecule has 0 radical (unpaired) electrons. The van der Waals surface area contributed by atoms with Crippen LogP contribution in [0.25, 0.3) is 0 Å². The molecule has 2 aromatic carbocycles. The molecule has 2 nitrogen and oxygen atoms in total. The van der Waals surface area contributed by atoms with Crippen molar-refractivity contribution in [3.05, 3.63) is 64.2 Å². The van der Waals surface area contributed by atoms with Crippen LogP contribution in [0.2, 0.25) is 0 Å². The molecule has 0 amide bonds. The summed E-state index contributed by atoms with van der Waals surface area (Å²) in [5, 5.41) is 0. The summed E-state index contributed by atoms with van der Waals surface area (Å²) in [6.45, 7) is 1.96. The van der Waals surface area contributed by atoms with Crippen LogP contribution in [0.1, 0.15) is 39.0 Å². The van der Waals surface area contributed by atoms with Gasteiger partial charge in [-0.3, -0.25) is 4.79 Å². The zero-order chi connectivity index (χ0) is 14.8. The van der Waals surface area contributed by atoms with Gasteiger partial charge in [-0.05, 0) is 66.6 Å². The van der Waals surface area contributed by atoms with E-state index >= 15 is 0 Å². The summed E-state index contributed by atoms with van der Waals surface area (Å²) in [5.74, 6) is 0.989. The Bertz CT molecular complexity index is 686. The molecule has 1 aliphatic carbocycles. The second-order valence-electron chi connectivity index (χ2n) is 5.74. The van der Waals surface area contributed by atoms with Crippen molar-refractivity contribution >= 4 is 5.78 Å². The van der Waals surface area contributed by atoms with E-state index in [9.17, 15) is 4.79 Å². The van der Waals surface area contributed by atoms with Crippen LogP contribution in [-0.4, -0.2) is 12.9 Å². The molecule has 0 fully saturated rings. The highest BCUT2D eigenvalue weighted by atomic mass is 16.5. The van der Waals surface area contributed by atoms with E-state index < -0.39 is 0 Å². The van der Waals surface area contributed by atoms with Gasteiger partial charge >= 0.3 is 0 Å². The first kappa shape index (κ1) is 13.9. The predicted octanol–water partition coefficient (Wildman–Crippen LogP) is 3.92. The van der Waals surface area contributed by atoms with Crippen molar-refractivity contribution in [3.8, 4) is 5.75 Å². The van der Waals surface area contributed by atoms with Crippen molar-refractivity contribution in [2.45, 2.75) is 32.6 Å². The molecule has 0 saturated carbocycles. The molecule has 0 N–H and O–H groups in total. The average molecular weight is 280 g/mol. The first-order valence-electron chi connectivity index (χ1n) is 7.46. The molecule has 0 bridgehead atoms. The van der Waals surface area contributed by atoms with Gasteiger partial charge in [-0.2, -0.15) is 0 Å². The van der Waals surface area contributed by atoms with Crippen molar-refractivity contribution in [2.75, 3.05) is 7.11 Å². The van der Waals surface area contributed by atoms with Crippen molar-refractivity contribution < 1.29 is 9.53 Å². The summed E-state index contributed by atoms with van der Waals surface area (Å²) in [4.78, 5) is 12.4. The van der Waals surface area contributed by atoms with Gasteiger partial charge in [0.15, 0.2) is 5.78 Å². The highest BCUT2D eigenvalue weighted by Crippen LogP contribution is 2.24. The Morgan fingerprint density at radius 1 is 1.10 bits per heavy atom. The third-order valence-corrected chi connectivity index (χ3v) is 4.24. The molecule has 21 heavy (non-hydrogen) atoms. The van der Waals surface area contributed by atoms with E-state index in [2.05, 4.69) is 18.2 Å². The van der Waals surface area contributed by atoms with Gasteiger partial charge in [0.2, 0.25) is 0 Å². The molecule has 0 heterocycles. The number of carbonyl (C=O) groups is 1. The number of ether oxygens (including phenoxy) is 1. The molecule has 2 aromatic rings. The van der Waals surface area contributed by atoms with Crippen LogP contribution in [0.5, 0.6) is 5.75 Å². The third-order valence-electron chi connectivity index (χ3n) is 4.24. The van der Waals surface area contributed by atoms with Gasteiger partial charge in [-0.1, -0.05) is 18.2 Å². The minimum atomic E-state index is 0.165. The normalized spacial score (nSPS) is 13.0. The standard InChI is InChI=1S/C19H20O2/c1-13-10-17(8-9-19(13)21-2)18(20)12-14-6-7-15-4-3-5-16(15)11-14/h6-11H,3-5,12H2,1-2H3. The van der Waals surface area contributed by atoms with Crippen LogP contribution in [0.15, 0.2) is 36.4 Å². The number of methoxy groups -OCH3 is 1.